The third kappa shape index (κ3) is 22.5. The van der Waals surface area contributed by atoms with Crippen LogP contribution in [0.25, 0.3) is 0 Å². The molecule has 0 aliphatic carbocycles. The lowest BCUT2D eigenvalue weighted by Crippen LogP contribution is -2.13. The molecule has 0 aromatic heterocycles. The van der Waals surface area contributed by atoms with Crippen LogP contribution in [-0.4, -0.2) is 13.1 Å². The Morgan fingerprint density at radius 3 is 1.09 bits per heavy atom. The summed E-state index contributed by atoms with van der Waals surface area (Å²) in [6.07, 6.45) is 23.3. The summed E-state index contributed by atoms with van der Waals surface area (Å²) in [5, 5.41) is 3.40. The number of hydrogen-bond donors (Lipinski definition) is 1. The zero-order valence-electron chi connectivity index (χ0n) is 15.6. The molecule has 0 unspecified atom stereocenters. The van der Waals surface area contributed by atoms with Crippen LogP contribution in [-0.2, 0) is 0 Å². The smallest absolute Gasteiger partial charge is 0.00490 e. The number of rotatable bonds is 18. The van der Waals surface area contributed by atoms with Crippen molar-refractivity contribution in [3.05, 3.63) is 0 Å². The average molecular weight is 334 g/mol. The second-order valence-corrected chi connectivity index (χ2v) is 6.66. The second kappa shape index (κ2) is 23.5. The van der Waals surface area contributed by atoms with Gasteiger partial charge in [-0.2, -0.15) is 0 Å². The van der Waals surface area contributed by atoms with E-state index in [0.29, 0.717) is 0 Å². The van der Waals surface area contributed by atoms with E-state index < -0.39 is 0 Å². The maximum Gasteiger partial charge on any atom is -0.00490 e. The van der Waals surface area contributed by atoms with Crippen molar-refractivity contribution < 1.29 is 0 Å². The molecule has 0 amide bonds. The molecule has 0 atom stereocenters. The minimum Gasteiger partial charge on any atom is -0.317 e. The molecule has 0 aromatic rings. The molecule has 0 saturated carbocycles. The Labute approximate surface area is 147 Å². The normalized spacial score (nSPS) is 10.6. The van der Waals surface area contributed by atoms with Gasteiger partial charge < -0.3 is 5.32 Å². The molecule has 2 heteroatoms. The van der Waals surface area contributed by atoms with E-state index in [1.54, 1.807) is 0 Å². The van der Waals surface area contributed by atoms with Crippen molar-refractivity contribution >= 4 is 12.4 Å². The maximum atomic E-state index is 3.40. The van der Waals surface area contributed by atoms with Crippen molar-refractivity contribution in [3.63, 3.8) is 0 Å². The van der Waals surface area contributed by atoms with E-state index in [2.05, 4.69) is 19.2 Å². The van der Waals surface area contributed by atoms with E-state index in [-0.39, 0.29) is 12.4 Å². The molecule has 0 spiro atoms. The lowest BCUT2D eigenvalue weighted by molar-refractivity contribution is 0.526. The van der Waals surface area contributed by atoms with Gasteiger partial charge in [-0.15, -0.1) is 12.4 Å². The van der Waals surface area contributed by atoms with Gasteiger partial charge in [0.15, 0.2) is 0 Å². The summed E-state index contributed by atoms with van der Waals surface area (Å²) in [6.45, 7) is 6.82. The van der Waals surface area contributed by atoms with Crippen LogP contribution >= 0.6 is 12.4 Å². The highest BCUT2D eigenvalue weighted by Gasteiger charge is 1.94. The van der Waals surface area contributed by atoms with E-state index in [1.165, 1.54) is 109 Å². The number of hydrogen-bond acceptors (Lipinski definition) is 1. The lowest BCUT2D eigenvalue weighted by Gasteiger charge is -2.04. The molecule has 0 radical (unpaired) electrons. The van der Waals surface area contributed by atoms with Gasteiger partial charge in [0, 0.05) is 0 Å². The van der Waals surface area contributed by atoms with Gasteiger partial charge in [0.05, 0.1) is 0 Å². The molecule has 1 N–H and O–H groups in total. The molecule has 0 aromatic carbocycles. The van der Waals surface area contributed by atoms with Crippen LogP contribution in [0.2, 0.25) is 0 Å². The fourth-order valence-corrected chi connectivity index (χ4v) is 2.97. The van der Waals surface area contributed by atoms with Gasteiger partial charge in [0.25, 0.3) is 0 Å². The Balaban J connectivity index is 0. The highest BCUT2D eigenvalue weighted by molar-refractivity contribution is 5.85. The number of halogens is 1. The Hall–Kier alpha value is 0.250. The summed E-state index contributed by atoms with van der Waals surface area (Å²) < 4.78 is 0. The van der Waals surface area contributed by atoms with E-state index in [9.17, 15) is 0 Å². The molecule has 22 heavy (non-hydrogen) atoms. The van der Waals surface area contributed by atoms with Crippen LogP contribution < -0.4 is 5.32 Å². The van der Waals surface area contributed by atoms with Crippen LogP contribution in [0.1, 0.15) is 117 Å². The van der Waals surface area contributed by atoms with Gasteiger partial charge in [-0.3, -0.25) is 0 Å². The largest absolute Gasteiger partial charge is 0.317 e. The van der Waals surface area contributed by atoms with Crippen LogP contribution in [0.3, 0.4) is 0 Å². The van der Waals surface area contributed by atoms with Gasteiger partial charge in [-0.25, -0.2) is 0 Å². The zero-order chi connectivity index (χ0) is 15.4. The minimum absolute atomic E-state index is 0. The standard InChI is InChI=1S/C20H43N.ClH/c1-3-5-6-7-8-9-10-11-12-13-14-15-16-17-18-19-20-21-4-2;/h21H,3-20H2,1-2H3;1H. The summed E-state index contributed by atoms with van der Waals surface area (Å²) in [5.74, 6) is 0. The van der Waals surface area contributed by atoms with Crippen LogP contribution in [0.15, 0.2) is 0 Å². The van der Waals surface area contributed by atoms with E-state index >= 15 is 0 Å². The molecule has 0 heterocycles. The highest BCUT2D eigenvalue weighted by Crippen LogP contribution is 2.13. The molecular formula is C20H44ClN. The molecule has 0 saturated heterocycles. The van der Waals surface area contributed by atoms with Crippen LogP contribution in [0.4, 0.5) is 0 Å². The van der Waals surface area contributed by atoms with Crippen molar-refractivity contribution in [3.8, 4) is 0 Å². The van der Waals surface area contributed by atoms with Gasteiger partial charge in [0.1, 0.15) is 0 Å². The van der Waals surface area contributed by atoms with Gasteiger partial charge >= 0.3 is 0 Å². The van der Waals surface area contributed by atoms with Crippen molar-refractivity contribution in [2.24, 2.45) is 0 Å². The van der Waals surface area contributed by atoms with E-state index in [1.807, 2.05) is 0 Å². The fourth-order valence-electron chi connectivity index (χ4n) is 2.97. The number of unbranched alkanes of at least 4 members (excludes halogenated alkanes) is 15. The van der Waals surface area contributed by atoms with Gasteiger partial charge in [-0.05, 0) is 19.5 Å². The average Bonchev–Trinajstić information content (AvgIpc) is 2.50. The lowest BCUT2D eigenvalue weighted by atomic mass is 10.0. The molecule has 0 fully saturated rings. The second-order valence-electron chi connectivity index (χ2n) is 6.66. The highest BCUT2D eigenvalue weighted by atomic mass is 35.5. The van der Waals surface area contributed by atoms with Crippen molar-refractivity contribution in [1.82, 2.24) is 5.32 Å². The topological polar surface area (TPSA) is 12.0 Å². The van der Waals surface area contributed by atoms with Crippen molar-refractivity contribution in [1.29, 1.82) is 0 Å². The zero-order valence-corrected chi connectivity index (χ0v) is 16.5. The van der Waals surface area contributed by atoms with Gasteiger partial charge in [0.2, 0.25) is 0 Å². The third-order valence-corrected chi connectivity index (χ3v) is 4.46. The van der Waals surface area contributed by atoms with E-state index in [4.69, 9.17) is 0 Å². The van der Waals surface area contributed by atoms with E-state index in [0.717, 1.165) is 6.54 Å². The maximum absolute atomic E-state index is 3.40. The molecule has 136 valence electrons. The molecule has 0 aliphatic heterocycles. The predicted molar refractivity (Wildman–Crippen MR) is 105 cm³/mol. The summed E-state index contributed by atoms with van der Waals surface area (Å²) in [5.41, 5.74) is 0. The molecule has 0 aliphatic rings. The Bertz CT molecular complexity index is 155. The third-order valence-electron chi connectivity index (χ3n) is 4.46. The minimum atomic E-state index is 0. The summed E-state index contributed by atoms with van der Waals surface area (Å²) in [7, 11) is 0. The Kier molecular flexibility index (Phi) is 26.2. The monoisotopic (exact) mass is 333 g/mol. The Morgan fingerprint density at radius 2 is 0.773 bits per heavy atom. The molecular weight excluding hydrogens is 290 g/mol. The quantitative estimate of drug-likeness (QED) is 0.260. The SMILES string of the molecule is CCCCCCCCCCCCCCCCCCNCC.Cl. The fraction of sp³-hybridized carbons (Fsp3) is 1.00. The molecule has 0 rings (SSSR count). The summed E-state index contributed by atoms with van der Waals surface area (Å²) in [4.78, 5) is 0. The summed E-state index contributed by atoms with van der Waals surface area (Å²) in [6, 6.07) is 0. The predicted octanol–water partition coefficient (Wildman–Crippen LogP) is 7.28. The first-order chi connectivity index (χ1) is 10.4. The first-order valence-electron chi connectivity index (χ1n) is 10.1. The first-order valence-corrected chi connectivity index (χ1v) is 10.1. The molecule has 1 nitrogen and oxygen atoms in total. The van der Waals surface area contributed by atoms with Crippen molar-refractivity contribution in [2.75, 3.05) is 13.1 Å². The first kappa shape index (κ1) is 24.5. The molecule has 0 bridgehead atoms. The van der Waals surface area contributed by atoms with Crippen LogP contribution in [0, 0.1) is 0 Å². The summed E-state index contributed by atoms with van der Waals surface area (Å²) >= 11 is 0. The Morgan fingerprint density at radius 1 is 0.455 bits per heavy atom. The number of nitrogens with one attached hydrogen (secondary N) is 1. The van der Waals surface area contributed by atoms with Crippen molar-refractivity contribution in [2.45, 2.75) is 117 Å². The van der Waals surface area contributed by atoms with Gasteiger partial charge in [-0.1, -0.05) is 110 Å². The van der Waals surface area contributed by atoms with Crippen LogP contribution in [0.5, 0.6) is 0 Å².